The van der Waals surface area contributed by atoms with E-state index in [0.717, 1.165) is 36.4 Å². The van der Waals surface area contributed by atoms with Crippen molar-refractivity contribution in [3.8, 4) is 0 Å². The highest BCUT2D eigenvalue weighted by atomic mass is 32.2. The number of alkyl halides is 3. The molecule has 9 heteroatoms. The quantitative estimate of drug-likeness (QED) is 0.307. The van der Waals surface area contributed by atoms with Gasteiger partial charge in [0, 0.05) is 0 Å². The van der Waals surface area contributed by atoms with Crippen molar-refractivity contribution in [2.45, 2.75) is 30.7 Å². The summed E-state index contributed by atoms with van der Waals surface area (Å²) in [6.07, 6.45) is -4.51. The molecule has 0 saturated carbocycles. The first-order valence-electron chi connectivity index (χ1n) is 7.85. The first-order chi connectivity index (χ1) is 13.1. The monoisotopic (exact) mass is 429 g/mol. The summed E-state index contributed by atoms with van der Waals surface area (Å²) in [4.78, 5) is 0.284. The molecular weight excluding hydrogens is 419 g/mol. The van der Waals surface area contributed by atoms with Crippen molar-refractivity contribution in [1.29, 1.82) is 0 Å². The smallest absolute Gasteiger partial charge is 0.218 e. The van der Waals surface area contributed by atoms with Crippen LogP contribution in [0.25, 0.3) is 0 Å². The second-order valence-corrected chi connectivity index (χ2v) is 9.86. The van der Waals surface area contributed by atoms with Gasteiger partial charge in [-0.3, -0.25) is 0 Å². The van der Waals surface area contributed by atoms with E-state index in [1.54, 1.807) is 0 Å². The molecule has 0 aromatic heterocycles. The van der Waals surface area contributed by atoms with Gasteiger partial charge in [-0.25, -0.2) is 17.2 Å². The lowest BCUT2D eigenvalue weighted by molar-refractivity contribution is -0.137. The standard InChI is InChI=1S/C19H10F5O2S2/c20-12-3-7-15-17(9-12)28(25,26)18-10-13(21)4-8-16(18)27(15)14-5-1-11(2-6-14)19(22,23)24/h1-10H/q+1. The van der Waals surface area contributed by atoms with Crippen LogP contribution in [0.1, 0.15) is 5.56 Å². The largest absolute Gasteiger partial charge is 0.416 e. The fraction of sp³-hybridized carbons (Fsp3) is 0.0526. The van der Waals surface area contributed by atoms with E-state index in [-0.39, 0.29) is 19.6 Å². The minimum Gasteiger partial charge on any atom is -0.218 e. The molecule has 28 heavy (non-hydrogen) atoms. The highest BCUT2D eigenvalue weighted by Gasteiger charge is 2.46. The molecule has 0 atom stereocenters. The number of rotatable bonds is 1. The summed E-state index contributed by atoms with van der Waals surface area (Å²) in [6, 6.07) is 10.8. The Morgan fingerprint density at radius 3 is 1.61 bits per heavy atom. The maximum Gasteiger partial charge on any atom is 0.416 e. The third-order valence-electron chi connectivity index (χ3n) is 4.25. The molecule has 0 amide bonds. The summed E-state index contributed by atoms with van der Waals surface area (Å²) in [5.41, 5.74) is -0.844. The van der Waals surface area contributed by atoms with E-state index in [0.29, 0.717) is 4.90 Å². The molecule has 0 aliphatic carbocycles. The number of sulfone groups is 1. The van der Waals surface area contributed by atoms with Crippen LogP contribution in [0.2, 0.25) is 0 Å². The second-order valence-electron chi connectivity index (χ2n) is 6.01. The molecule has 1 heterocycles. The zero-order chi connectivity index (χ0) is 20.3. The summed E-state index contributed by atoms with van der Waals surface area (Å²) in [5.74, 6) is -1.56. The van der Waals surface area contributed by atoms with Gasteiger partial charge in [0.2, 0.25) is 9.84 Å². The van der Waals surface area contributed by atoms with Crippen LogP contribution in [0.15, 0.2) is 85.1 Å². The molecule has 1 aliphatic rings. The predicted octanol–water partition coefficient (Wildman–Crippen LogP) is 5.23. The van der Waals surface area contributed by atoms with E-state index < -0.39 is 44.1 Å². The van der Waals surface area contributed by atoms with Crippen LogP contribution >= 0.6 is 0 Å². The Morgan fingerprint density at radius 1 is 0.714 bits per heavy atom. The number of fused-ring (bicyclic) bond motifs is 2. The Morgan fingerprint density at radius 2 is 1.18 bits per heavy atom. The summed E-state index contributed by atoms with van der Waals surface area (Å²) < 4.78 is 91.9. The lowest BCUT2D eigenvalue weighted by Crippen LogP contribution is -2.21. The van der Waals surface area contributed by atoms with Gasteiger partial charge in [0.1, 0.15) is 32.3 Å². The molecule has 4 rings (SSSR count). The minimum atomic E-state index is -4.51. The molecule has 0 N–H and O–H groups in total. The zero-order valence-corrected chi connectivity index (χ0v) is 15.4. The number of hydrogen-bond donors (Lipinski definition) is 0. The number of hydrogen-bond acceptors (Lipinski definition) is 2. The molecule has 0 unspecified atom stereocenters. The average molecular weight is 429 g/mol. The molecule has 0 fully saturated rings. The lowest BCUT2D eigenvalue weighted by atomic mass is 10.2. The van der Waals surface area contributed by atoms with Crippen molar-refractivity contribution in [3.63, 3.8) is 0 Å². The van der Waals surface area contributed by atoms with Crippen molar-refractivity contribution >= 4 is 20.7 Å². The number of benzene rings is 3. The normalized spacial score (nSPS) is 15.8. The zero-order valence-electron chi connectivity index (χ0n) is 13.8. The minimum absolute atomic E-state index is 0.250. The van der Waals surface area contributed by atoms with Crippen LogP contribution in [0, 0.1) is 11.6 Å². The van der Waals surface area contributed by atoms with Gasteiger partial charge in [0.25, 0.3) is 0 Å². The van der Waals surface area contributed by atoms with Crippen LogP contribution in [0.3, 0.4) is 0 Å². The van der Waals surface area contributed by atoms with E-state index >= 15 is 0 Å². The van der Waals surface area contributed by atoms with E-state index in [9.17, 15) is 30.4 Å². The van der Waals surface area contributed by atoms with Crippen molar-refractivity contribution in [1.82, 2.24) is 0 Å². The van der Waals surface area contributed by atoms with E-state index in [1.807, 2.05) is 0 Å². The van der Waals surface area contributed by atoms with E-state index in [2.05, 4.69) is 0 Å². The average Bonchev–Trinajstić information content (AvgIpc) is 2.63. The molecule has 0 saturated heterocycles. The Bertz CT molecular complexity index is 1130. The third kappa shape index (κ3) is 2.98. The van der Waals surface area contributed by atoms with Gasteiger partial charge < -0.3 is 0 Å². The SMILES string of the molecule is O=S1(=O)c2cc(F)ccc2[S+](c2ccc(C(F)(F)F)cc2)c2ccc(F)cc21. The molecular formula is C19H10F5O2S2+. The predicted molar refractivity (Wildman–Crippen MR) is 91.9 cm³/mol. The molecule has 3 aromatic rings. The summed E-state index contributed by atoms with van der Waals surface area (Å²) in [5, 5.41) is 0. The van der Waals surface area contributed by atoms with Crippen molar-refractivity contribution in [3.05, 3.63) is 77.9 Å². The summed E-state index contributed by atoms with van der Waals surface area (Å²) in [6.45, 7) is 0. The fourth-order valence-corrected chi connectivity index (χ4v) is 7.67. The first-order valence-corrected chi connectivity index (χ1v) is 10.6. The van der Waals surface area contributed by atoms with Gasteiger partial charge in [0.15, 0.2) is 14.7 Å². The summed E-state index contributed by atoms with van der Waals surface area (Å²) in [7, 11) is -5.31. The highest BCUT2D eigenvalue weighted by molar-refractivity contribution is 8.00. The van der Waals surface area contributed by atoms with Crippen LogP contribution in [-0.2, 0) is 26.9 Å². The maximum atomic E-state index is 13.7. The van der Waals surface area contributed by atoms with Gasteiger partial charge in [-0.05, 0) is 60.7 Å². The van der Waals surface area contributed by atoms with Crippen LogP contribution in [-0.4, -0.2) is 8.42 Å². The fourth-order valence-electron chi connectivity index (χ4n) is 2.99. The molecule has 3 aromatic carbocycles. The third-order valence-corrected chi connectivity index (χ3v) is 8.67. The Hall–Kier alpha value is -2.39. The van der Waals surface area contributed by atoms with Gasteiger partial charge in [-0.2, -0.15) is 13.2 Å². The second kappa shape index (κ2) is 6.31. The Balaban J connectivity index is 1.99. The van der Waals surface area contributed by atoms with Crippen molar-refractivity contribution < 1.29 is 30.4 Å². The molecule has 0 radical (unpaired) electrons. The molecule has 144 valence electrons. The Kier molecular flexibility index (Phi) is 4.27. The van der Waals surface area contributed by atoms with Gasteiger partial charge in [0.05, 0.1) is 5.56 Å². The van der Waals surface area contributed by atoms with Crippen LogP contribution in [0.4, 0.5) is 22.0 Å². The van der Waals surface area contributed by atoms with E-state index in [1.165, 1.54) is 24.3 Å². The van der Waals surface area contributed by atoms with Crippen LogP contribution in [0.5, 0.6) is 0 Å². The maximum absolute atomic E-state index is 13.7. The first kappa shape index (κ1) is 18.9. The Labute approximate surface area is 159 Å². The highest BCUT2D eigenvalue weighted by Crippen LogP contribution is 2.45. The lowest BCUT2D eigenvalue weighted by Gasteiger charge is -2.20. The molecule has 0 spiro atoms. The van der Waals surface area contributed by atoms with Gasteiger partial charge in [-0.15, -0.1) is 0 Å². The number of halogens is 5. The van der Waals surface area contributed by atoms with Gasteiger partial charge >= 0.3 is 6.18 Å². The topological polar surface area (TPSA) is 34.1 Å². The summed E-state index contributed by atoms with van der Waals surface area (Å²) >= 11 is 0. The van der Waals surface area contributed by atoms with E-state index in [4.69, 9.17) is 0 Å². The van der Waals surface area contributed by atoms with Gasteiger partial charge in [-0.1, -0.05) is 0 Å². The molecule has 2 nitrogen and oxygen atoms in total. The van der Waals surface area contributed by atoms with Crippen LogP contribution < -0.4 is 0 Å². The molecule has 1 aliphatic heterocycles. The molecule has 0 bridgehead atoms. The van der Waals surface area contributed by atoms with Crippen molar-refractivity contribution in [2.24, 2.45) is 0 Å². The van der Waals surface area contributed by atoms with Crippen molar-refractivity contribution in [2.75, 3.05) is 0 Å².